The number of nitrogens with zero attached hydrogens (tertiary/aromatic N) is 2. The molecule has 0 radical (unpaired) electrons. The minimum atomic E-state index is -0.538. The summed E-state index contributed by atoms with van der Waals surface area (Å²) in [5, 5.41) is 20.4. The van der Waals surface area contributed by atoms with Gasteiger partial charge in [0.15, 0.2) is 11.5 Å². The van der Waals surface area contributed by atoms with Crippen LogP contribution in [0.25, 0.3) is 0 Å². The lowest BCUT2D eigenvalue weighted by atomic mass is 9.83. The molecule has 132 valence electrons. The van der Waals surface area contributed by atoms with Crippen LogP contribution in [0.15, 0.2) is 47.9 Å². The summed E-state index contributed by atoms with van der Waals surface area (Å²) >= 11 is 0. The number of fused-ring (bicyclic) bond motifs is 1. The van der Waals surface area contributed by atoms with Crippen molar-refractivity contribution < 1.29 is 19.1 Å². The van der Waals surface area contributed by atoms with Crippen LogP contribution >= 0.6 is 0 Å². The number of nitriles is 1. The first-order valence-corrected chi connectivity index (χ1v) is 7.58. The largest absolute Gasteiger partial charge is 0.493 e. The molecule has 3 rings (SSSR count). The zero-order valence-corrected chi connectivity index (χ0v) is 14.1. The number of rotatable bonds is 4. The lowest BCUT2D eigenvalue weighted by Gasteiger charge is -2.27. The van der Waals surface area contributed by atoms with Gasteiger partial charge in [-0.25, -0.2) is 0 Å². The number of hydrogen-bond donors (Lipinski definition) is 1. The minimum Gasteiger partial charge on any atom is -0.493 e. The highest BCUT2D eigenvalue weighted by molar-refractivity contribution is 5.61. The van der Waals surface area contributed by atoms with Gasteiger partial charge >= 0.3 is 0 Å². The Kier molecular flexibility index (Phi) is 4.37. The molecule has 0 saturated carbocycles. The van der Waals surface area contributed by atoms with Crippen LogP contribution in [0.1, 0.15) is 17.0 Å². The fourth-order valence-electron chi connectivity index (χ4n) is 2.92. The Labute approximate surface area is 149 Å². The highest BCUT2D eigenvalue weighted by atomic mass is 16.6. The van der Waals surface area contributed by atoms with Gasteiger partial charge in [-0.05, 0) is 11.6 Å². The van der Waals surface area contributed by atoms with Crippen molar-refractivity contribution in [1.82, 2.24) is 0 Å². The van der Waals surface area contributed by atoms with E-state index in [2.05, 4.69) is 6.07 Å². The van der Waals surface area contributed by atoms with Crippen molar-refractivity contribution >= 4 is 5.69 Å². The van der Waals surface area contributed by atoms with Crippen molar-refractivity contribution in [2.45, 2.75) is 5.92 Å². The van der Waals surface area contributed by atoms with E-state index in [-0.39, 0.29) is 17.1 Å². The Morgan fingerprint density at radius 2 is 1.81 bits per heavy atom. The van der Waals surface area contributed by atoms with Crippen molar-refractivity contribution in [3.63, 3.8) is 0 Å². The molecular weight excluding hydrogens is 338 g/mol. The third kappa shape index (κ3) is 2.75. The number of nitrogens with two attached hydrogens (primary N) is 1. The van der Waals surface area contributed by atoms with Gasteiger partial charge in [-0.2, -0.15) is 5.26 Å². The van der Waals surface area contributed by atoms with Gasteiger partial charge in [-0.3, -0.25) is 10.1 Å². The van der Waals surface area contributed by atoms with E-state index in [1.165, 1.54) is 26.4 Å². The fraction of sp³-hybridized carbons (Fsp3) is 0.167. The molecule has 8 heteroatoms. The molecule has 0 aliphatic carbocycles. The van der Waals surface area contributed by atoms with Crippen molar-refractivity contribution in [1.29, 1.82) is 5.26 Å². The second kappa shape index (κ2) is 6.64. The molecule has 8 nitrogen and oxygen atoms in total. The molecular formula is C18H15N3O5. The first-order valence-electron chi connectivity index (χ1n) is 7.58. The summed E-state index contributed by atoms with van der Waals surface area (Å²) in [6, 6.07) is 11.4. The average molecular weight is 353 g/mol. The molecule has 0 spiro atoms. The molecule has 2 aromatic carbocycles. The molecule has 0 amide bonds. The maximum absolute atomic E-state index is 10.9. The number of non-ortho nitro benzene ring substituents is 1. The summed E-state index contributed by atoms with van der Waals surface area (Å²) in [7, 11) is 3.00. The third-order valence-electron chi connectivity index (χ3n) is 4.16. The Balaban J connectivity index is 2.19. The molecule has 0 saturated heterocycles. The van der Waals surface area contributed by atoms with Crippen LogP contribution in [0, 0.1) is 21.4 Å². The smallest absolute Gasteiger partial charge is 0.269 e. The van der Waals surface area contributed by atoms with Crippen LogP contribution in [0.3, 0.4) is 0 Å². The van der Waals surface area contributed by atoms with Crippen LogP contribution in [0.2, 0.25) is 0 Å². The maximum atomic E-state index is 10.9. The summed E-state index contributed by atoms with van der Waals surface area (Å²) in [5.74, 6) is 0.809. The van der Waals surface area contributed by atoms with E-state index in [1.54, 1.807) is 24.3 Å². The second-order valence-corrected chi connectivity index (χ2v) is 5.52. The van der Waals surface area contributed by atoms with Gasteiger partial charge in [0.25, 0.3) is 5.69 Å². The summed E-state index contributed by atoms with van der Waals surface area (Å²) in [6.07, 6.45) is 0. The van der Waals surface area contributed by atoms with E-state index in [4.69, 9.17) is 19.9 Å². The van der Waals surface area contributed by atoms with Crippen LogP contribution in [0.4, 0.5) is 5.69 Å². The summed E-state index contributed by atoms with van der Waals surface area (Å²) in [4.78, 5) is 10.4. The summed E-state index contributed by atoms with van der Waals surface area (Å²) in [5.41, 5.74) is 7.44. The normalized spacial score (nSPS) is 15.5. The molecule has 2 N–H and O–H groups in total. The lowest BCUT2D eigenvalue weighted by molar-refractivity contribution is -0.384. The highest BCUT2D eigenvalue weighted by Gasteiger charge is 2.32. The maximum Gasteiger partial charge on any atom is 0.269 e. The average Bonchev–Trinajstić information content (AvgIpc) is 2.65. The van der Waals surface area contributed by atoms with Gasteiger partial charge in [0.2, 0.25) is 5.88 Å². The molecule has 0 aromatic heterocycles. The standard InChI is InChI=1S/C18H15N3O5/c1-24-15-7-12-14(8-16(15)25-2)26-18(20)13(9-19)17(12)10-3-5-11(6-4-10)21(22)23/h3-8,17H,20H2,1-2H3. The highest BCUT2D eigenvalue weighted by Crippen LogP contribution is 2.46. The van der Waals surface area contributed by atoms with Gasteiger partial charge in [-0.15, -0.1) is 0 Å². The monoisotopic (exact) mass is 353 g/mol. The number of ether oxygens (including phenoxy) is 3. The Hall–Kier alpha value is -3.73. The van der Waals surface area contributed by atoms with E-state index >= 15 is 0 Å². The van der Waals surface area contributed by atoms with Crippen molar-refractivity contribution in [2.75, 3.05) is 14.2 Å². The van der Waals surface area contributed by atoms with E-state index in [1.807, 2.05) is 0 Å². The van der Waals surface area contributed by atoms with Gasteiger partial charge in [-0.1, -0.05) is 12.1 Å². The van der Waals surface area contributed by atoms with Crippen LogP contribution < -0.4 is 19.9 Å². The first kappa shape index (κ1) is 17.1. The van der Waals surface area contributed by atoms with E-state index < -0.39 is 10.8 Å². The van der Waals surface area contributed by atoms with E-state index in [9.17, 15) is 15.4 Å². The minimum absolute atomic E-state index is 0.0180. The number of nitro groups is 1. The topological polar surface area (TPSA) is 121 Å². The van der Waals surface area contributed by atoms with Crippen molar-refractivity contribution in [3.05, 3.63) is 69.1 Å². The second-order valence-electron chi connectivity index (χ2n) is 5.52. The number of nitro benzene ring substituents is 1. The van der Waals surface area contributed by atoms with Gasteiger partial charge in [0.1, 0.15) is 17.4 Å². The molecule has 1 unspecified atom stereocenters. The number of hydrogen-bond acceptors (Lipinski definition) is 7. The zero-order chi connectivity index (χ0) is 18.8. The van der Waals surface area contributed by atoms with Crippen molar-refractivity contribution in [2.24, 2.45) is 5.73 Å². The van der Waals surface area contributed by atoms with E-state index in [0.717, 1.165) is 0 Å². The molecule has 2 aromatic rings. The van der Waals surface area contributed by atoms with Crippen LogP contribution in [-0.2, 0) is 0 Å². The Bertz CT molecular complexity index is 945. The fourth-order valence-corrected chi connectivity index (χ4v) is 2.92. The summed E-state index contributed by atoms with van der Waals surface area (Å²) < 4.78 is 16.2. The summed E-state index contributed by atoms with van der Waals surface area (Å²) in [6.45, 7) is 0. The number of allylic oxidation sites excluding steroid dienone is 1. The quantitative estimate of drug-likeness (QED) is 0.662. The molecule has 0 bridgehead atoms. The third-order valence-corrected chi connectivity index (χ3v) is 4.16. The van der Waals surface area contributed by atoms with E-state index in [0.29, 0.717) is 28.4 Å². The Morgan fingerprint density at radius 3 is 2.35 bits per heavy atom. The van der Waals surface area contributed by atoms with Gasteiger partial charge < -0.3 is 19.9 Å². The number of methoxy groups -OCH3 is 2. The predicted molar refractivity (Wildman–Crippen MR) is 91.9 cm³/mol. The zero-order valence-electron chi connectivity index (χ0n) is 14.1. The predicted octanol–water partition coefficient (Wildman–Crippen LogP) is 2.83. The first-order chi connectivity index (χ1) is 12.5. The molecule has 1 aliphatic rings. The molecule has 1 aliphatic heterocycles. The molecule has 0 fully saturated rings. The molecule has 1 heterocycles. The van der Waals surface area contributed by atoms with Gasteiger partial charge in [0, 0.05) is 23.8 Å². The SMILES string of the molecule is COc1cc2c(cc1OC)C(c1ccc([N+](=O)[O-])cc1)C(C#N)=C(N)O2. The molecule has 1 atom stereocenters. The van der Waals surface area contributed by atoms with Crippen LogP contribution in [0.5, 0.6) is 17.2 Å². The molecule has 26 heavy (non-hydrogen) atoms. The van der Waals surface area contributed by atoms with Crippen molar-refractivity contribution in [3.8, 4) is 23.3 Å². The number of benzene rings is 2. The lowest BCUT2D eigenvalue weighted by Crippen LogP contribution is -2.21. The van der Waals surface area contributed by atoms with Gasteiger partial charge in [0.05, 0.1) is 25.1 Å². The Morgan fingerprint density at radius 1 is 1.19 bits per heavy atom. The van der Waals surface area contributed by atoms with Crippen LogP contribution in [-0.4, -0.2) is 19.1 Å².